The van der Waals surface area contributed by atoms with E-state index in [0.717, 1.165) is 36.3 Å². The average Bonchev–Trinajstić information content (AvgIpc) is 3.17. The number of nitrogens with zero attached hydrogens (tertiary/aromatic N) is 3. The molecule has 0 spiro atoms. The van der Waals surface area contributed by atoms with Gasteiger partial charge in [0.1, 0.15) is 0 Å². The topological polar surface area (TPSA) is 49.2 Å². The van der Waals surface area contributed by atoms with Gasteiger partial charge in [-0.1, -0.05) is 30.7 Å². The first-order valence-electron chi connectivity index (χ1n) is 9.40. The minimum absolute atomic E-state index is 0.102. The highest BCUT2D eigenvalue weighted by atomic mass is 16.3. The Kier molecular flexibility index (Phi) is 4.34. The number of aryl methyl sites for hydroxylation is 1. The number of fused-ring (bicyclic) bond motifs is 2. The molecule has 2 aromatic rings. The van der Waals surface area contributed by atoms with Gasteiger partial charge in [0.25, 0.3) is 0 Å². The van der Waals surface area contributed by atoms with Crippen molar-refractivity contribution >= 4 is 0 Å². The molecule has 0 saturated carbocycles. The molecule has 132 valence electrons. The van der Waals surface area contributed by atoms with Crippen LogP contribution in [0.2, 0.25) is 0 Å². The Labute approximate surface area is 149 Å². The molecule has 2 aliphatic rings. The van der Waals surface area contributed by atoms with Crippen molar-refractivity contribution < 1.29 is 5.11 Å². The average molecular weight is 337 g/mol. The standard InChI is InChI=1S/C21H27N3O/c1-3-21(14-25)10-18-7-8-19(21)24(18)13-16-11-22-20(23-12-16)17-6-4-5-15(2)9-17/h4-6,9,11-12,18-19,25H,3,7-8,10,13-14H2,1-2H3/t18-,19+,21-/m0/s1. The molecule has 1 aromatic carbocycles. The molecule has 2 bridgehead atoms. The predicted octanol–water partition coefficient (Wildman–Crippen LogP) is 3.58. The van der Waals surface area contributed by atoms with Gasteiger partial charge in [-0.25, -0.2) is 9.97 Å². The Hall–Kier alpha value is -1.78. The molecule has 1 N–H and O–H groups in total. The van der Waals surface area contributed by atoms with Crippen LogP contribution in [0.4, 0.5) is 0 Å². The fraction of sp³-hybridized carbons (Fsp3) is 0.524. The number of hydrogen-bond donors (Lipinski definition) is 1. The minimum Gasteiger partial charge on any atom is -0.396 e. The summed E-state index contributed by atoms with van der Waals surface area (Å²) in [6, 6.07) is 9.41. The molecule has 0 radical (unpaired) electrons. The second-order valence-electron chi connectivity index (χ2n) is 7.78. The largest absolute Gasteiger partial charge is 0.396 e. The highest BCUT2D eigenvalue weighted by molar-refractivity contribution is 5.55. The Morgan fingerprint density at radius 2 is 2.04 bits per heavy atom. The third kappa shape index (κ3) is 2.87. The maximum atomic E-state index is 9.96. The SMILES string of the molecule is CC[C@@]1(CO)C[C@@H]2CC[C@H]1N2Cc1cnc(-c2cccc(C)c2)nc1. The summed E-state index contributed by atoms with van der Waals surface area (Å²) in [4.78, 5) is 11.8. The van der Waals surface area contributed by atoms with Crippen molar-refractivity contribution in [3.05, 3.63) is 47.8 Å². The second kappa shape index (κ2) is 6.50. The van der Waals surface area contributed by atoms with Crippen molar-refractivity contribution in [3.63, 3.8) is 0 Å². The lowest BCUT2D eigenvalue weighted by Gasteiger charge is -2.35. The predicted molar refractivity (Wildman–Crippen MR) is 99.0 cm³/mol. The van der Waals surface area contributed by atoms with Gasteiger partial charge in [-0.3, -0.25) is 4.90 Å². The summed E-state index contributed by atoms with van der Waals surface area (Å²) >= 11 is 0. The van der Waals surface area contributed by atoms with Gasteiger partial charge < -0.3 is 5.11 Å². The summed E-state index contributed by atoms with van der Waals surface area (Å²) < 4.78 is 0. The van der Waals surface area contributed by atoms with Gasteiger partial charge in [0.15, 0.2) is 5.82 Å². The summed E-state index contributed by atoms with van der Waals surface area (Å²) in [7, 11) is 0. The zero-order chi connectivity index (χ0) is 17.4. The van der Waals surface area contributed by atoms with Crippen LogP contribution in [-0.4, -0.2) is 38.7 Å². The lowest BCUT2D eigenvalue weighted by molar-refractivity contribution is 0.0713. The molecule has 3 heterocycles. The number of aromatic nitrogens is 2. The Bertz CT molecular complexity index is 739. The van der Waals surface area contributed by atoms with Crippen LogP contribution in [0.5, 0.6) is 0 Å². The molecule has 1 aromatic heterocycles. The van der Waals surface area contributed by atoms with E-state index < -0.39 is 0 Å². The van der Waals surface area contributed by atoms with Crippen molar-refractivity contribution in [3.8, 4) is 11.4 Å². The van der Waals surface area contributed by atoms with Crippen LogP contribution < -0.4 is 0 Å². The number of aliphatic hydroxyl groups excluding tert-OH is 1. The van der Waals surface area contributed by atoms with E-state index in [1.165, 1.54) is 18.4 Å². The van der Waals surface area contributed by atoms with E-state index in [9.17, 15) is 5.11 Å². The zero-order valence-electron chi connectivity index (χ0n) is 15.2. The monoisotopic (exact) mass is 337 g/mol. The molecule has 0 aliphatic carbocycles. The Balaban J connectivity index is 1.51. The summed E-state index contributed by atoms with van der Waals surface area (Å²) in [5, 5.41) is 9.96. The van der Waals surface area contributed by atoms with Crippen molar-refractivity contribution in [1.82, 2.24) is 14.9 Å². The van der Waals surface area contributed by atoms with Crippen LogP contribution in [-0.2, 0) is 6.54 Å². The van der Waals surface area contributed by atoms with Crippen LogP contribution in [0, 0.1) is 12.3 Å². The quantitative estimate of drug-likeness (QED) is 0.906. The summed E-state index contributed by atoms with van der Waals surface area (Å²) in [6.45, 7) is 5.51. The molecule has 2 aliphatic heterocycles. The number of rotatable bonds is 5. The molecular weight excluding hydrogens is 310 g/mol. The van der Waals surface area contributed by atoms with E-state index in [2.05, 4.69) is 46.9 Å². The summed E-state index contributed by atoms with van der Waals surface area (Å²) in [5.41, 5.74) is 3.56. The van der Waals surface area contributed by atoms with Crippen LogP contribution >= 0.6 is 0 Å². The van der Waals surface area contributed by atoms with Gasteiger partial charge in [0, 0.05) is 47.6 Å². The maximum Gasteiger partial charge on any atom is 0.159 e. The van der Waals surface area contributed by atoms with Gasteiger partial charge in [-0.2, -0.15) is 0 Å². The van der Waals surface area contributed by atoms with Crippen LogP contribution in [0.25, 0.3) is 11.4 Å². The number of hydrogen-bond acceptors (Lipinski definition) is 4. The Morgan fingerprint density at radius 3 is 2.68 bits per heavy atom. The van der Waals surface area contributed by atoms with Crippen molar-refractivity contribution in [2.75, 3.05) is 6.61 Å². The van der Waals surface area contributed by atoms with Gasteiger partial charge in [0.05, 0.1) is 6.61 Å². The molecule has 2 saturated heterocycles. The lowest BCUT2D eigenvalue weighted by Crippen LogP contribution is -2.39. The first-order chi connectivity index (χ1) is 12.1. The fourth-order valence-electron chi connectivity index (χ4n) is 4.90. The van der Waals surface area contributed by atoms with Crippen molar-refractivity contribution in [1.29, 1.82) is 0 Å². The number of benzene rings is 1. The highest BCUT2D eigenvalue weighted by Gasteiger charge is 2.54. The van der Waals surface area contributed by atoms with E-state index >= 15 is 0 Å². The zero-order valence-corrected chi connectivity index (χ0v) is 15.2. The number of aliphatic hydroxyl groups is 1. The van der Waals surface area contributed by atoms with E-state index in [4.69, 9.17) is 0 Å². The molecule has 25 heavy (non-hydrogen) atoms. The molecule has 4 heteroatoms. The fourth-order valence-corrected chi connectivity index (χ4v) is 4.90. The van der Waals surface area contributed by atoms with Gasteiger partial charge in [0.2, 0.25) is 0 Å². The van der Waals surface area contributed by atoms with Gasteiger partial charge >= 0.3 is 0 Å². The second-order valence-corrected chi connectivity index (χ2v) is 7.78. The van der Waals surface area contributed by atoms with Crippen molar-refractivity contribution in [2.45, 2.75) is 58.2 Å². The summed E-state index contributed by atoms with van der Waals surface area (Å²) in [5.74, 6) is 0.787. The minimum atomic E-state index is 0.102. The third-order valence-corrected chi connectivity index (χ3v) is 6.36. The van der Waals surface area contributed by atoms with Gasteiger partial charge in [-0.15, -0.1) is 0 Å². The molecular formula is C21H27N3O. The normalized spacial score (nSPS) is 28.6. The molecule has 0 unspecified atom stereocenters. The molecule has 4 rings (SSSR count). The van der Waals surface area contributed by atoms with Crippen LogP contribution in [0.3, 0.4) is 0 Å². The third-order valence-electron chi connectivity index (χ3n) is 6.36. The molecule has 4 nitrogen and oxygen atoms in total. The van der Waals surface area contributed by atoms with E-state index in [0.29, 0.717) is 18.7 Å². The maximum absolute atomic E-state index is 9.96. The Morgan fingerprint density at radius 1 is 1.24 bits per heavy atom. The molecule has 0 amide bonds. The molecule has 2 fully saturated rings. The van der Waals surface area contributed by atoms with E-state index in [-0.39, 0.29) is 5.41 Å². The van der Waals surface area contributed by atoms with Crippen LogP contribution in [0.1, 0.15) is 43.7 Å². The van der Waals surface area contributed by atoms with Crippen LogP contribution in [0.15, 0.2) is 36.7 Å². The van der Waals surface area contributed by atoms with Crippen molar-refractivity contribution in [2.24, 2.45) is 5.41 Å². The first kappa shape index (κ1) is 16.7. The highest BCUT2D eigenvalue weighted by Crippen LogP contribution is 2.51. The summed E-state index contributed by atoms with van der Waals surface area (Å²) in [6.07, 6.45) is 8.59. The molecule has 3 atom stereocenters. The van der Waals surface area contributed by atoms with E-state index in [1.54, 1.807) is 0 Å². The van der Waals surface area contributed by atoms with E-state index in [1.807, 2.05) is 18.5 Å². The first-order valence-corrected chi connectivity index (χ1v) is 9.40. The smallest absolute Gasteiger partial charge is 0.159 e. The van der Waals surface area contributed by atoms with Gasteiger partial charge in [-0.05, 0) is 38.7 Å². The lowest BCUT2D eigenvalue weighted by atomic mass is 9.72.